The molecule has 0 atom stereocenters. The third-order valence-electron chi connectivity index (χ3n) is 6.13. The molecule has 4 amide bonds. The highest BCUT2D eigenvalue weighted by Crippen LogP contribution is 2.34. The van der Waals surface area contributed by atoms with Crippen molar-refractivity contribution in [1.29, 1.82) is 0 Å². The van der Waals surface area contributed by atoms with Crippen molar-refractivity contribution in [3.05, 3.63) is 111 Å². The van der Waals surface area contributed by atoms with Crippen LogP contribution in [0.15, 0.2) is 77.3 Å². The molecule has 1 fully saturated rings. The van der Waals surface area contributed by atoms with Crippen LogP contribution >= 0.6 is 15.9 Å². The van der Waals surface area contributed by atoms with E-state index < -0.39 is 17.8 Å². The van der Waals surface area contributed by atoms with Gasteiger partial charge in [0.25, 0.3) is 11.8 Å². The van der Waals surface area contributed by atoms with Gasteiger partial charge in [0.15, 0.2) is 0 Å². The zero-order valence-electron chi connectivity index (χ0n) is 20.9. The summed E-state index contributed by atoms with van der Waals surface area (Å²) in [5, 5.41) is 2.28. The number of carbonyl (C=O) groups excluding carboxylic acids is 3. The van der Waals surface area contributed by atoms with Gasteiger partial charge >= 0.3 is 6.03 Å². The molecule has 1 heterocycles. The van der Waals surface area contributed by atoms with E-state index >= 15 is 0 Å². The fourth-order valence-corrected chi connectivity index (χ4v) is 4.74. The molecule has 188 valence electrons. The van der Waals surface area contributed by atoms with E-state index in [2.05, 4.69) is 33.9 Å². The molecule has 0 aromatic heterocycles. The van der Waals surface area contributed by atoms with Gasteiger partial charge in [-0.3, -0.25) is 14.9 Å². The number of benzene rings is 3. The number of rotatable bonds is 7. The normalized spacial score (nSPS) is 14.6. The first-order valence-corrected chi connectivity index (χ1v) is 12.6. The van der Waals surface area contributed by atoms with Crippen LogP contribution in [-0.2, 0) is 22.6 Å². The van der Waals surface area contributed by atoms with Gasteiger partial charge in [-0.15, -0.1) is 6.58 Å². The van der Waals surface area contributed by atoms with Crippen molar-refractivity contribution in [2.24, 2.45) is 0 Å². The number of amides is 4. The number of barbiturate groups is 1. The van der Waals surface area contributed by atoms with Gasteiger partial charge in [-0.05, 0) is 101 Å². The van der Waals surface area contributed by atoms with Crippen molar-refractivity contribution >= 4 is 45.5 Å². The van der Waals surface area contributed by atoms with Crippen molar-refractivity contribution in [2.75, 3.05) is 4.90 Å². The molecule has 0 radical (unpaired) electrons. The van der Waals surface area contributed by atoms with Gasteiger partial charge < -0.3 is 4.74 Å². The summed E-state index contributed by atoms with van der Waals surface area (Å²) in [4.78, 5) is 39.5. The number of anilines is 1. The monoisotopic (exact) mass is 558 g/mol. The molecule has 1 saturated heterocycles. The van der Waals surface area contributed by atoms with Crippen molar-refractivity contribution < 1.29 is 19.1 Å². The van der Waals surface area contributed by atoms with Gasteiger partial charge in [-0.1, -0.05) is 42.0 Å². The highest BCUT2D eigenvalue weighted by Gasteiger charge is 2.37. The average Bonchev–Trinajstić information content (AvgIpc) is 2.83. The molecule has 1 aliphatic rings. The Kier molecular flexibility index (Phi) is 7.74. The Morgan fingerprint density at radius 1 is 1.00 bits per heavy atom. The molecule has 1 aliphatic heterocycles. The fourth-order valence-electron chi connectivity index (χ4n) is 4.11. The molecule has 1 N–H and O–H groups in total. The summed E-state index contributed by atoms with van der Waals surface area (Å²) < 4.78 is 6.82. The number of imide groups is 2. The number of carbonyl (C=O) groups is 3. The molecule has 0 aliphatic carbocycles. The van der Waals surface area contributed by atoms with Crippen molar-refractivity contribution in [3.8, 4) is 5.75 Å². The quantitative estimate of drug-likeness (QED) is 0.208. The summed E-state index contributed by atoms with van der Waals surface area (Å²) in [5.41, 5.74) is 5.87. The second-order valence-corrected chi connectivity index (χ2v) is 9.84. The summed E-state index contributed by atoms with van der Waals surface area (Å²) in [6.07, 6.45) is 3.77. The first-order valence-electron chi connectivity index (χ1n) is 11.8. The Labute approximate surface area is 224 Å². The predicted octanol–water partition coefficient (Wildman–Crippen LogP) is 6.35. The SMILES string of the molecule is C=CCc1cc(/C=C2\C(=O)NC(=O)N(c3ccc(C)c(C)c3)C2=O)cc(Br)c1OCc1cccc(C)c1. The molecule has 0 unspecified atom stereocenters. The molecule has 0 spiro atoms. The average molecular weight is 559 g/mol. The lowest BCUT2D eigenvalue weighted by molar-refractivity contribution is -0.122. The van der Waals surface area contributed by atoms with E-state index in [-0.39, 0.29) is 5.57 Å². The highest BCUT2D eigenvalue weighted by atomic mass is 79.9. The summed E-state index contributed by atoms with van der Waals surface area (Å²) in [6, 6.07) is 16.2. The summed E-state index contributed by atoms with van der Waals surface area (Å²) in [6.45, 7) is 10.1. The Hall–Kier alpha value is -3.97. The molecule has 37 heavy (non-hydrogen) atoms. The number of hydrogen-bond donors (Lipinski definition) is 1. The third kappa shape index (κ3) is 5.73. The zero-order chi connectivity index (χ0) is 26.7. The minimum absolute atomic E-state index is 0.136. The topological polar surface area (TPSA) is 75.7 Å². The minimum atomic E-state index is -0.774. The smallest absolute Gasteiger partial charge is 0.335 e. The maximum Gasteiger partial charge on any atom is 0.335 e. The number of ether oxygens (including phenoxy) is 1. The van der Waals surface area contributed by atoms with E-state index in [0.29, 0.717) is 34.5 Å². The van der Waals surface area contributed by atoms with E-state index in [4.69, 9.17) is 4.74 Å². The van der Waals surface area contributed by atoms with E-state index in [1.807, 2.05) is 51.1 Å². The van der Waals surface area contributed by atoms with Crippen molar-refractivity contribution in [3.63, 3.8) is 0 Å². The van der Waals surface area contributed by atoms with Crippen LogP contribution in [0.25, 0.3) is 6.08 Å². The number of nitrogens with zero attached hydrogens (tertiary/aromatic N) is 1. The van der Waals surface area contributed by atoms with Crippen LogP contribution in [0.5, 0.6) is 5.75 Å². The first-order chi connectivity index (χ1) is 17.7. The molecule has 4 rings (SSSR count). The highest BCUT2D eigenvalue weighted by molar-refractivity contribution is 9.10. The lowest BCUT2D eigenvalue weighted by Gasteiger charge is -2.27. The van der Waals surface area contributed by atoms with E-state index in [1.165, 1.54) is 6.08 Å². The van der Waals surface area contributed by atoms with Crippen LogP contribution in [0.1, 0.15) is 33.4 Å². The van der Waals surface area contributed by atoms with Crippen LogP contribution in [0.2, 0.25) is 0 Å². The number of urea groups is 1. The van der Waals surface area contributed by atoms with Gasteiger partial charge in [0, 0.05) is 0 Å². The molecular weight excluding hydrogens is 532 g/mol. The second kappa shape index (κ2) is 11.0. The number of halogens is 1. The van der Waals surface area contributed by atoms with Gasteiger partial charge in [0.05, 0.1) is 10.2 Å². The number of aryl methyl sites for hydroxylation is 3. The minimum Gasteiger partial charge on any atom is -0.487 e. The number of allylic oxidation sites excluding steroid dienone is 1. The van der Waals surface area contributed by atoms with Gasteiger partial charge in [0.1, 0.15) is 17.9 Å². The molecule has 3 aromatic rings. The summed E-state index contributed by atoms with van der Waals surface area (Å²) in [5.74, 6) is -0.760. The Balaban J connectivity index is 1.67. The second-order valence-electron chi connectivity index (χ2n) is 8.99. The maximum absolute atomic E-state index is 13.3. The Morgan fingerprint density at radius 3 is 2.49 bits per heavy atom. The van der Waals surface area contributed by atoms with Gasteiger partial charge in [-0.2, -0.15) is 0 Å². The van der Waals surface area contributed by atoms with Crippen molar-refractivity contribution in [2.45, 2.75) is 33.8 Å². The van der Waals surface area contributed by atoms with Crippen LogP contribution in [-0.4, -0.2) is 17.8 Å². The standard InChI is InChI=1S/C30H27BrN2O4/c1-5-7-23-14-22(16-26(31)27(23)37-17-21-9-6-8-18(2)12-21)15-25-28(34)32-30(36)33(29(25)35)24-11-10-19(3)20(4)13-24/h5-6,8-16H,1,7,17H2,2-4H3,(H,32,34,36)/b25-15+. The van der Waals surface area contributed by atoms with Crippen LogP contribution in [0.4, 0.5) is 10.5 Å². The molecule has 6 nitrogen and oxygen atoms in total. The van der Waals surface area contributed by atoms with Crippen molar-refractivity contribution in [1.82, 2.24) is 5.32 Å². The molecular formula is C30H27BrN2O4. The van der Waals surface area contributed by atoms with E-state index in [0.717, 1.165) is 32.7 Å². The summed E-state index contributed by atoms with van der Waals surface area (Å²) in [7, 11) is 0. The van der Waals surface area contributed by atoms with Crippen LogP contribution in [0.3, 0.4) is 0 Å². The lowest BCUT2D eigenvalue weighted by Crippen LogP contribution is -2.54. The van der Waals surface area contributed by atoms with Crippen LogP contribution < -0.4 is 15.0 Å². The Bertz CT molecular complexity index is 1460. The predicted molar refractivity (Wildman–Crippen MR) is 148 cm³/mol. The van der Waals surface area contributed by atoms with Crippen LogP contribution in [0, 0.1) is 20.8 Å². The molecule has 0 bridgehead atoms. The molecule has 0 saturated carbocycles. The van der Waals surface area contributed by atoms with Gasteiger partial charge in [-0.25, -0.2) is 9.69 Å². The first kappa shape index (κ1) is 26.1. The number of nitrogens with one attached hydrogen (secondary N) is 1. The third-order valence-corrected chi connectivity index (χ3v) is 6.72. The zero-order valence-corrected chi connectivity index (χ0v) is 22.5. The van der Waals surface area contributed by atoms with E-state index in [9.17, 15) is 14.4 Å². The number of hydrogen-bond acceptors (Lipinski definition) is 4. The maximum atomic E-state index is 13.3. The Morgan fingerprint density at radius 2 is 1.78 bits per heavy atom. The fraction of sp³-hybridized carbons (Fsp3) is 0.167. The van der Waals surface area contributed by atoms with Gasteiger partial charge in [0.2, 0.25) is 0 Å². The molecule has 3 aromatic carbocycles. The molecule has 7 heteroatoms. The summed E-state index contributed by atoms with van der Waals surface area (Å²) >= 11 is 3.59. The lowest BCUT2D eigenvalue weighted by atomic mass is 10.0. The van der Waals surface area contributed by atoms with E-state index in [1.54, 1.807) is 24.3 Å². The largest absolute Gasteiger partial charge is 0.487 e.